The standard InChI is InChI=1S/C13H13ClN2O3/c1-8-11(13(17)18)12(16(2)15-8)19-7-9-5-3-4-6-10(9)14/h3-6H,7H2,1-2H3,(H,17,18). The molecule has 1 heterocycles. The van der Waals surface area contributed by atoms with Gasteiger partial charge >= 0.3 is 5.97 Å². The van der Waals surface area contributed by atoms with Crippen LogP contribution in [0, 0.1) is 6.92 Å². The first-order valence-corrected chi connectivity index (χ1v) is 6.01. The van der Waals surface area contributed by atoms with Crippen molar-refractivity contribution >= 4 is 17.6 Å². The van der Waals surface area contributed by atoms with Crippen LogP contribution in [0.1, 0.15) is 21.6 Å². The molecular weight excluding hydrogens is 268 g/mol. The Morgan fingerprint density at radius 2 is 2.16 bits per heavy atom. The predicted octanol–water partition coefficient (Wildman–Crippen LogP) is 2.66. The number of carboxylic acids is 1. The van der Waals surface area contributed by atoms with Gasteiger partial charge < -0.3 is 9.84 Å². The topological polar surface area (TPSA) is 64.4 Å². The Morgan fingerprint density at radius 1 is 1.47 bits per heavy atom. The highest BCUT2D eigenvalue weighted by atomic mass is 35.5. The third kappa shape index (κ3) is 2.71. The van der Waals surface area contributed by atoms with Crippen LogP contribution in [0.3, 0.4) is 0 Å². The van der Waals surface area contributed by atoms with E-state index in [1.165, 1.54) is 4.68 Å². The molecule has 19 heavy (non-hydrogen) atoms. The molecule has 0 saturated heterocycles. The maximum absolute atomic E-state index is 11.2. The average Bonchev–Trinajstić information content (AvgIpc) is 2.63. The van der Waals surface area contributed by atoms with Crippen LogP contribution in [0.4, 0.5) is 0 Å². The summed E-state index contributed by atoms with van der Waals surface area (Å²) in [5.74, 6) is -0.829. The van der Waals surface area contributed by atoms with Crippen molar-refractivity contribution in [3.05, 3.63) is 46.1 Å². The van der Waals surface area contributed by atoms with E-state index in [0.29, 0.717) is 10.7 Å². The number of ether oxygens (including phenoxy) is 1. The zero-order valence-electron chi connectivity index (χ0n) is 10.6. The number of aromatic nitrogens is 2. The van der Waals surface area contributed by atoms with Gasteiger partial charge in [-0.15, -0.1) is 0 Å². The smallest absolute Gasteiger partial charge is 0.343 e. The van der Waals surface area contributed by atoms with Crippen molar-refractivity contribution in [3.8, 4) is 5.88 Å². The summed E-state index contributed by atoms with van der Waals surface area (Å²) in [5, 5.41) is 13.8. The zero-order chi connectivity index (χ0) is 14.0. The summed E-state index contributed by atoms with van der Waals surface area (Å²) in [5.41, 5.74) is 1.29. The summed E-state index contributed by atoms with van der Waals surface area (Å²) in [6, 6.07) is 7.25. The molecule has 0 amide bonds. The highest BCUT2D eigenvalue weighted by molar-refractivity contribution is 6.31. The lowest BCUT2D eigenvalue weighted by Crippen LogP contribution is -2.06. The Hall–Kier alpha value is -2.01. The molecule has 0 fully saturated rings. The minimum Gasteiger partial charge on any atom is -0.477 e. The minimum atomic E-state index is -1.06. The number of hydrogen-bond donors (Lipinski definition) is 1. The maximum atomic E-state index is 11.2. The lowest BCUT2D eigenvalue weighted by molar-refractivity contribution is 0.0690. The number of nitrogens with zero attached hydrogens (tertiary/aromatic N) is 2. The first-order valence-electron chi connectivity index (χ1n) is 5.63. The van der Waals surface area contributed by atoms with Gasteiger partial charge in [0.25, 0.3) is 0 Å². The van der Waals surface area contributed by atoms with E-state index in [1.807, 2.05) is 18.2 Å². The second kappa shape index (κ2) is 5.32. The third-order valence-electron chi connectivity index (χ3n) is 2.71. The zero-order valence-corrected chi connectivity index (χ0v) is 11.3. The van der Waals surface area contributed by atoms with Crippen LogP contribution in [0.2, 0.25) is 5.02 Å². The van der Waals surface area contributed by atoms with Crippen LogP contribution in [-0.2, 0) is 13.7 Å². The first kappa shape index (κ1) is 13.4. The molecule has 0 aliphatic heterocycles. The fourth-order valence-electron chi connectivity index (χ4n) is 1.81. The van der Waals surface area contributed by atoms with E-state index < -0.39 is 5.97 Å². The lowest BCUT2D eigenvalue weighted by Gasteiger charge is -2.08. The molecule has 2 rings (SSSR count). The molecule has 2 aromatic rings. The molecule has 0 aliphatic rings. The van der Waals surface area contributed by atoms with Crippen LogP contribution in [0.15, 0.2) is 24.3 Å². The van der Waals surface area contributed by atoms with Crippen molar-refractivity contribution in [1.29, 1.82) is 0 Å². The van der Waals surface area contributed by atoms with Crippen molar-refractivity contribution in [2.75, 3.05) is 0 Å². The number of benzene rings is 1. The second-order valence-corrected chi connectivity index (χ2v) is 4.48. The number of halogens is 1. The van der Waals surface area contributed by atoms with Crippen LogP contribution in [0.25, 0.3) is 0 Å². The molecule has 0 bridgehead atoms. The fraction of sp³-hybridized carbons (Fsp3) is 0.231. The summed E-state index contributed by atoms with van der Waals surface area (Å²) in [4.78, 5) is 11.2. The van der Waals surface area contributed by atoms with E-state index in [-0.39, 0.29) is 18.1 Å². The molecule has 1 N–H and O–H groups in total. The number of hydrogen-bond acceptors (Lipinski definition) is 3. The number of rotatable bonds is 4. The highest BCUT2D eigenvalue weighted by Crippen LogP contribution is 2.23. The Balaban J connectivity index is 2.25. The molecule has 5 nitrogen and oxygen atoms in total. The predicted molar refractivity (Wildman–Crippen MR) is 70.7 cm³/mol. The van der Waals surface area contributed by atoms with Crippen molar-refractivity contribution < 1.29 is 14.6 Å². The molecule has 0 spiro atoms. The Kier molecular flexibility index (Phi) is 3.76. The van der Waals surface area contributed by atoms with E-state index in [2.05, 4.69) is 5.10 Å². The van der Waals surface area contributed by atoms with E-state index in [4.69, 9.17) is 21.4 Å². The van der Waals surface area contributed by atoms with Crippen molar-refractivity contribution in [2.24, 2.45) is 7.05 Å². The van der Waals surface area contributed by atoms with Gasteiger partial charge in [0.1, 0.15) is 12.2 Å². The normalized spacial score (nSPS) is 10.5. The van der Waals surface area contributed by atoms with Gasteiger partial charge in [-0.1, -0.05) is 29.8 Å². The molecule has 0 aliphatic carbocycles. The number of carboxylic acid groups (broad SMARTS) is 1. The van der Waals surface area contributed by atoms with Crippen LogP contribution >= 0.6 is 11.6 Å². The molecule has 0 saturated carbocycles. The summed E-state index contributed by atoms with van der Waals surface area (Å²) >= 11 is 6.02. The van der Waals surface area contributed by atoms with Crippen molar-refractivity contribution in [1.82, 2.24) is 9.78 Å². The summed E-state index contributed by atoms with van der Waals surface area (Å²) in [6.45, 7) is 1.82. The molecule has 1 aromatic heterocycles. The largest absolute Gasteiger partial charge is 0.477 e. The van der Waals surface area contributed by atoms with E-state index in [1.54, 1.807) is 20.0 Å². The number of aromatic carboxylic acids is 1. The lowest BCUT2D eigenvalue weighted by atomic mass is 10.2. The van der Waals surface area contributed by atoms with Gasteiger partial charge in [-0.05, 0) is 13.0 Å². The van der Waals surface area contributed by atoms with Gasteiger partial charge in [0.05, 0.1) is 5.69 Å². The van der Waals surface area contributed by atoms with E-state index in [9.17, 15) is 4.79 Å². The molecular formula is C13H13ClN2O3. The quantitative estimate of drug-likeness (QED) is 0.935. The second-order valence-electron chi connectivity index (χ2n) is 4.07. The molecule has 0 unspecified atom stereocenters. The van der Waals surface area contributed by atoms with Gasteiger partial charge in [-0.2, -0.15) is 5.10 Å². The van der Waals surface area contributed by atoms with E-state index >= 15 is 0 Å². The Morgan fingerprint density at radius 3 is 2.79 bits per heavy atom. The van der Waals surface area contributed by atoms with Crippen LogP contribution in [0.5, 0.6) is 5.88 Å². The monoisotopic (exact) mass is 280 g/mol. The molecule has 1 aromatic carbocycles. The van der Waals surface area contributed by atoms with E-state index in [0.717, 1.165) is 5.56 Å². The average molecular weight is 281 g/mol. The highest BCUT2D eigenvalue weighted by Gasteiger charge is 2.21. The Bertz CT molecular complexity index is 622. The maximum Gasteiger partial charge on any atom is 0.343 e. The van der Waals surface area contributed by atoms with Gasteiger partial charge in [0.15, 0.2) is 0 Å². The van der Waals surface area contributed by atoms with Gasteiger partial charge in [0, 0.05) is 17.6 Å². The Labute approximate surface area is 115 Å². The molecule has 6 heteroatoms. The van der Waals surface area contributed by atoms with Gasteiger partial charge in [-0.3, -0.25) is 0 Å². The van der Waals surface area contributed by atoms with Crippen molar-refractivity contribution in [2.45, 2.75) is 13.5 Å². The minimum absolute atomic E-state index is 0.0783. The summed E-state index contributed by atoms with van der Waals surface area (Å²) < 4.78 is 6.96. The van der Waals surface area contributed by atoms with Crippen LogP contribution in [-0.4, -0.2) is 20.9 Å². The number of carbonyl (C=O) groups is 1. The SMILES string of the molecule is Cc1nn(C)c(OCc2ccccc2Cl)c1C(=O)O. The summed E-state index contributed by atoms with van der Waals surface area (Å²) in [7, 11) is 1.64. The van der Waals surface area contributed by atoms with Gasteiger partial charge in [-0.25, -0.2) is 9.48 Å². The molecule has 0 radical (unpaired) electrons. The van der Waals surface area contributed by atoms with Gasteiger partial charge in [0.2, 0.25) is 5.88 Å². The fourth-order valence-corrected chi connectivity index (χ4v) is 2.00. The van der Waals surface area contributed by atoms with Crippen LogP contribution < -0.4 is 4.74 Å². The molecule has 100 valence electrons. The number of aryl methyl sites for hydroxylation is 2. The van der Waals surface area contributed by atoms with Crippen molar-refractivity contribution in [3.63, 3.8) is 0 Å². The molecule has 0 atom stereocenters. The first-order chi connectivity index (χ1) is 9.00. The summed E-state index contributed by atoms with van der Waals surface area (Å²) in [6.07, 6.45) is 0. The third-order valence-corrected chi connectivity index (χ3v) is 3.07.